The van der Waals surface area contributed by atoms with Crippen molar-refractivity contribution in [1.29, 1.82) is 0 Å². The van der Waals surface area contributed by atoms with Crippen LogP contribution >= 0.6 is 0 Å². The number of ether oxygens (including phenoxy) is 1. The van der Waals surface area contributed by atoms with Crippen molar-refractivity contribution in [3.8, 4) is 33.8 Å². The maximum Gasteiger partial charge on any atom is 0.132 e. The molecule has 57 heavy (non-hydrogen) atoms. The van der Waals surface area contributed by atoms with E-state index in [1.165, 1.54) is 60.1 Å². The highest BCUT2D eigenvalue weighted by molar-refractivity contribution is 6.10. The van der Waals surface area contributed by atoms with Crippen LogP contribution in [-0.2, 0) is 5.41 Å². The van der Waals surface area contributed by atoms with E-state index >= 15 is 0 Å². The summed E-state index contributed by atoms with van der Waals surface area (Å²) in [5.74, 6) is 1.75. The van der Waals surface area contributed by atoms with Gasteiger partial charge in [-0.05, 0) is 79.7 Å². The lowest BCUT2D eigenvalue weighted by molar-refractivity contribution is 0.435. The summed E-state index contributed by atoms with van der Waals surface area (Å²) in [5, 5.41) is 7.27. The third-order valence-corrected chi connectivity index (χ3v) is 12.3. The summed E-state index contributed by atoms with van der Waals surface area (Å²) in [6.07, 6.45) is 0. The lowest BCUT2D eigenvalue weighted by atomic mass is 9.58. The van der Waals surface area contributed by atoms with E-state index in [4.69, 9.17) is 4.74 Å². The summed E-state index contributed by atoms with van der Waals surface area (Å²) < 4.78 is 6.97. The van der Waals surface area contributed by atoms with Gasteiger partial charge in [0.15, 0.2) is 0 Å². The number of anilines is 3. The van der Waals surface area contributed by atoms with Crippen LogP contribution < -0.4 is 9.64 Å². The summed E-state index contributed by atoms with van der Waals surface area (Å²) in [6, 6.07) is 77.6. The lowest BCUT2D eigenvalue weighted by Crippen LogP contribution is -2.36. The molecule has 0 radical (unpaired) electrons. The Kier molecular flexibility index (Phi) is 6.88. The fourth-order valence-electron chi connectivity index (χ4n) is 9.96. The number of fused-ring (bicyclic) bond motifs is 10. The smallest absolute Gasteiger partial charge is 0.132 e. The molecule has 10 aromatic carbocycles. The normalized spacial score (nSPS) is 14.9. The molecule has 1 atom stereocenters. The number of rotatable bonds is 4. The van der Waals surface area contributed by atoms with Gasteiger partial charge in [-0.15, -0.1) is 0 Å². The maximum atomic E-state index is 6.97. The van der Waals surface area contributed by atoms with Gasteiger partial charge in [-0.3, -0.25) is 0 Å². The van der Waals surface area contributed by atoms with E-state index in [1.54, 1.807) is 0 Å². The predicted molar refractivity (Wildman–Crippen MR) is 236 cm³/mol. The highest BCUT2D eigenvalue weighted by Crippen LogP contribution is 2.62. The fraction of sp³-hybridized carbons (Fsp3) is 0.0182. The van der Waals surface area contributed by atoms with Gasteiger partial charge >= 0.3 is 0 Å². The lowest BCUT2D eigenvalue weighted by Gasteiger charge is -2.45. The van der Waals surface area contributed by atoms with Crippen molar-refractivity contribution in [2.24, 2.45) is 0 Å². The topological polar surface area (TPSA) is 12.5 Å². The third kappa shape index (κ3) is 4.53. The standard InChI is InChI=1S/C55H35NO/c1-2-15-37(16-3-1)43-33-31-38-18-5-7-23-42(38)54(43)56(50-29-14-19-36-17-4-6-22-41(36)50)40-32-34-52-49(35-40)55(47-27-10-11-30-51(47)57-52)46-26-9-8-24-44(46)45-25-12-20-39-21-13-28-48(55)53(39)45/h1-35H. The zero-order valence-electron chi connectivity index (χ0n) is 31.1. The molecule has 0 saturated heterocycles. The Balaban J connectivity index is 1.23. The van der Waals surface area contributed by atoms with Crippen LogP contribution in [0.4, 0.5) is 17.1 Å². The molecule has 0 aromatic heterocycles. The molecule has 0 amide bonds. The van der Waals surface area contributed by atoms with Crippen LogP contribution in [0.3, 0.4) is 0 Å². The molecule has 0 fully saturated rings. The summed E-state index contributed by atoms with van der Waals surface area (Å²) in [5.41, 5.74) is 12.3. The van der Waals surface area contributed by atoms with Gasteiger partial charge in [-0.1, -0.05) is 182 Å². The predicted octanol–water partition coefficient (Wildman–Crippen LogP) is 14.8. The van der Waals surface area contributed by atoms with Crippen molar-refractivity contribution in [3.05, 3.63) is 235 Å². The van der Waals surface area contributed by atoms with Crippen LogP contribution in [0.25, 0.3) is 54.6 Å². The van der Waals surface area contributed by atoms with Gasteiger partial charge in [0.1, 0.15) is 11.5 Å². The summed E-state index contributed by atoms with van der Waals surface area (Å²) >= 11 is 0. The van der Waals surface area contributed by atoms with Crippen molar-refractivity contribution < 1.29 is 4.74 Å². The maximum absolute atomic E-state index is 6.97. The molecule has 0 saturated carbocycles. The van der Waals surface area contributed by atoms with Crippen LogP contribution in [-0.4, -0.2) is 0 Å². The Morgan fingerprint density at radius 1 is 0.368 bits per heavy atom. The monoisotopic (exact) mass is 725 g/mol. The van der Waals surface area contributed by atoms with E-state index in [0.29, 0.717) is 0 Å². The second-order valence-corrected chi connectivity index (χ2v) is 15.2. The fourth-order valence-corrected chi connectivity index (χ4v) is 9.96. The van der Waals surface area contributed by atoms with Crippen molar-refractivity contribution in [2.75, 3.05) is 4.90 Å². The van der Waals surface area contributed by atoms with Gasteiger partial charge in [-0.2, -0.15) is 0 Å². The number of para-hydroxylation sites is 1. The summed E-state index contributed by atoms with van der Waals surface area (Å²) in [4.78, 5) is 2.50. The van der Waals surface area contributed by atoms with E-state index in [0.717, 1.165) is 45.3 Å². The highest BCUT2D eigenvalue weighted by atomic mass is 16.5. The molecule has 266 valence electrons. The Morgan fingerprint density at radius 3 is 1.86 bits per heavy atom. The number of hydrogen-bond donors (Lipinski definition) is 0. The van der Waals surface area contributed by atoms with Crippen molar-refractivity contribution in [1.82, 2.24) is 0 Å². The third-order valence-electron chi connectivity index (χ3n) is 12.3. The molecule has 1 aliphatic heterocycles. The van der Waals surface area contributed by atoms with E-state index in [2.05, 4.69) is 217 Å². The molecule has 1 spiro atoms. The van der Waals surface area contributed by atoms with Crippen LogP contribution in [0.2, 0.25) is 0 Å². The Labute approximate surface area is 331 Å². The van der Waals surface area contributed by atoms with E-state index in [-0.39, 0.29) is 0 Å². The minimum Gasteiger partial charge on any atom is -0.457 e. The molecular weight excluding hydrogens is 691 g/mol. The molecule has 2 heteroatoms. The summed E-state index contributed by atoms with van der Waals surface area (Å²) in [7, 11) is 0. The molecule has 2 nitrogen and oxygen atoms in total. The van der Waals surface area contributed by atoms with Gasteiger partial charge in [-0.25, -0.2) is 0 Å². The molecule has 0 N–H and O–H groups in total. The van der Waals surface area contributed by atoms with E-state index in [9.17, 15) is 0 Å². The van der Waals surface area contributed by atoms with Crippen molar-refractivity contribution >= 4 is 49.4 Å². The van der Waals surface area contributed by atoms with Crippen LogP contribution in [0.1, 0.15) is 22.3 Å². The number of hydrogen-bond acceptors (Lipinski definition) is 2. The molecule has 0 bridgehead atoms. The molecule has 1 aliphatic carbocycles. The van der Waals surface area contributed by atoms with Crippen molar-refractivity contribution in [2.45, 2.75) is 5.41 Å². The minimum absolute atomic E-state index is 0.657. The van der Waals surface area contributed by atoms with E-state index < -0.39 is 5.41 Å². The first-order valence-corrected chi connectivity index (χ1v) is 19.7. The highest BCUT2D eigenvalue weighted by Gasteiger charge is 2.49. The molecule has 1 unspecified atom stereocenters. The Hall–Kier alpha value is -7.42. The average molecular weight is 726 g/mol. The first kappa shape index (κ1) is 31.9. The van der Waals surface area contributed by atoms with Crippen LogP contribution in [0.15, 0.2) is 212 Å². The Bertz CT molecular complexity index is 3230. The van der Waals surface area contributed by atoms with Crippen LogP contribution in [0.5, 0.6) is 11.5 Å². The zero-order valence-corrected chi connectivity index (χ0v) is 31.1. The van der Waals surface area contributed by atoms with Gasteiger partial charge in [0.25, 0.3) is 0 Å². The quantitative estimate of drug-likeness (QED) is 0.179. The zero-order chi connectivity index (χ0) is 37.5. The van der Waals surface area contributed by atoms with Gasteiger partial charge in [0.2, 0.25) is 0 Å². The molecule has 1 heterocycles. The Morgan fingerprint density at radius 2 is 0.982 bits per heavy atom. The van der Waals surface area contributed by atoms with Gasteiger partial charge in [0, 0.05) is 33.2 Å². The van der Waals surface area contributed by atoms with Gasteiger partial charge < -0.3 is 9.64 Å². The SMILES string of the molecule is c1ccc(-c2ccc3ccccc3c2N(c2ccc3c(c2)C2(c4ccccc4O3)c3ccccc3-c3cccc4cccc2c34)c2cccc3ccccc23)cc1. The largest absolute Gasteiger partial charge is 0.457 e. The molecule has 10 aromatic rings. The van der Waals surface area contributed by atoms with Crippen LogP contribution in [0, 0.1) is 0 Å². The first-order valence-electron chi connectivity index (χ1n) is 19.7. The minimum atomic E-state index is -0.657. The average Bonchev–Trinajstić information content (AvgIpc) is 3.28. The first-order chi connectivity index (χ1) is 28.3. The number of benzene rings is 10. The molecule has 2 aliphatic rings. The summed E-state index contributed by atoms with van der Waals surface area (Å²) in [6.45, 7) is 0. The van der Waals surface area contributed by atoms with Gasteiger partial charge in [0.05, 0.1) is 16.8 Å². The number of nitrogens with zero attached hydrogens (tertiary/aromatic N) is 1. The van der Waals surface area contributed by atoms with Crippen molar-refractivity contribution in [3.63, 3.8) is 0 Å². The molecular formula is C55H35NO. The second kappa shape index (κ2) is 12.3. The van der Waals surface area contributed by atoms with E-state index in [1.807, 2.05) is 0 Å². The molecule has 12 rings (SSSR count). The second-order valence-electron chi connectivity index (χ2n) is 15.2.